The second-order valence-electron chi connectivity index (χ2n) is 6.23. The lowest BCUT2D eigenvalue weighted by Crippen LogP contribution is -2.30. The maximum absolute atomic E-state index is 12.8. The molecule has 3 rings (SSSR count). The molecule has 2 aromatic carbocycles. The first kappa shape index (κ1) is 20.3. The van der Waals surface area contributed by atoms with Crippen LogP contribution < -0.4 is 15.6 Å². The lowest BCUT2D eigenvalue weighted by atomic mass is 10.2. The minimum Gasteiger partial charge on any atom is -0.495 e. The number of anilines is 1. The van der Waals surface area contributed by atoms with Gasteiger partial charge in [-0.05, 0) is 37.3 Å². The molecule has 0 fully saturated rings. The number of methoxy groups -OCH3 is 1. The average molecular weight is 413 g/mol. The molecule has 0 unspecified atom stereocenters. The average Bonchev–Trinajstić information content (AvgIpc) is 2.70. The van der Waals surface area contributed by atoms with E-state index in [9.17, 15) is 18.0 Å². The van der Waals surface area contributed by atoms with Gasteiger partial charge in [-0.3, -0.25) is 9.59 Å². The number of carbonyl (C=O) groups is 1. The molecule has 0 saturated heterocycles. The van der Waals surface area contributed by atoms with Crippen LogP contribution in [0.4, 0.5) is 5.69 Å². The first-order valence-corrected chi connectivity index (χ1v) is 10.1. The zero-order valence-electron chi connectivity index (χ0n) is 15.8. The lowest BCUT2D eigenvalue weighted by molar-refractivity contribution is -0.117. The highest BCUT2D eigenvalue weighted by Crippen LogP contribution is 2.23. The fourth-order valence-corrected chi connectivity index (χ4v) is 3.79. The number of hydrogen-bond acceptors (Lipinski definition) is 6. The number of carbonyl (C=O) groups excluding carboxylic acids is 1. The first-order chi connectivity index (χ1) is 13.8. The molecule has 0 aliphatic carbocycles. The molecule has 1 amide bonds. The molecule has 29 heavy (non-hydrogen) atoms. The van der Waals surface area contributed by atoms with Crippen LogP contribution in [0, 0.1) is 6.92 Å². The van der Waals surface area contributed by atoms with Gasteiger partial charge < -0.3 is 10.1 Å². The second kappa shape index (κ2) is 8.27. The van der Waals surface area contributed by atoms with Crippen LogP contribution >= 0.6 is 0 Å². The highest BCUT2D eigenvalue weighted by atomic mass is 32.2. The zero-order chi connectivity index (χ0) is 21.0. The minimum absolute atomic E-state index is 0.0549. The summed E-state index contributed by atoms with van der Waals surface area (Å²) < 4.78 is 31.5. The number of sulfone groups is 1. The summed E-state index contributed by atoms with van der Waals surface area (Å²) in [7, 11) is -2.45. The number of para-hydroxylation sites is 2. The third-order valence-electron chi connectivity index (χ3n) is 4.12. The Morgan fingerprint density at radius 1 is 1.07 bits per heavy atom. The van der Waals surface area contributed by atoms with Crippen LogP contribution in [0.3, 0.4) is 0 Å². The van der Waals surface area contributed by atoms with Gasteiger partial charge in [0, 0.05) is 6.07 Å². The van der Waals surface area contributed by atoms with Gasteiger partial charge in [0.1, 0.15) is 12.3 Å². The van der Waals surface area contributed by atoms with Gasteiger partial charge in [-0.1, -0.05) is 29.8 Å². The van der Waals surface area contributed by atoms with E-state index in [2.05, 4.69) is 10.4 Å². The molecule has 1 aromatic heterocycles. The molecule has 1 N–H and O–H groups in total. The zero-order valence-corrected chi connectivity index (χ0v) is 16.6. The van der Waals surface area contributed by atoms with Crippen LogP contribution in [0.15, 0.2) is 75.4 Å². The van der Waals surface area contributed by atoms with E-state index < -0.39 is 27.8 Å². The van der Waals surface area contributed by atoms with Crippen LogP contribution in [-0.2, 0) is 21.2 Å². The predicted molar refractivity (Wildman–Crippen MR) is 107 cm³/mol. The Labute approximate surface area is 167 Å². The molecule has 0 radical (unpaired) electrons. The Morgan fingerprint density at radius 2 is 1.76 bits per heavy atom. The van der Waals surface area contributed by atoms with E-state index in [0.717, 1.165) is 22.4 Å². The van der Waals surface area contributed by atoms with E-state index in [0.29, 0.717) is 11.4 Å². The van der Waals surface area contributed by atoms with E-state index in [1.165, 1.54) is 19.2 Å². The first-order valence-electron chi connectivity index (χ1n) is 8.64. The molecule has 0 aliphatic heterocycles. The summed E-state index contributed by atoms with van der Waals surface area (Å²) >= 11 is 0. The number of aromatic nitrogens is 2. The van der Waals surface area contributed by atoms with Crippen LogP contribution in [-0.4, -0.2) is 31.2 Å². The van der Waals surface area contributed by atoms with Crippen LogP contribution in [0.25, 0.3) is 0 Å². The number of nitrogens with zero attached hydrogens (tertiary/aromatic N) is 2. The molecule has 9 heteroatoms. The topological polar surface area (TPSA) is 107 Å². The number of hydrogen-bond donors (Lipinski definition) is 1. The minimum atomic E-state index is -3.92. The summed E-state index contributed by atoms with van der Waals surface area (Å²) in [6.45, 7) is 1.39. The fraction of sp³-hybridized carbons (Fsp3) is 0.150. The van der Waals surface area contributed by atoms with Gasteiger partial charge in [0.15, 0.2) is 5.03 Å². The maximum Gasteiger partial charge on any atom is 0.267 e. The second-order valence-corrected chi connectivity index (χ2v) is 8.13. The Kier molecular flexibility index (Phi) is 5.79. The van der Waals surface area contributed by atoms with Gasteiger partial charge in [-0.15, -0.1) is 0 Å². The molecular weight excluding hydrogens is 394 g/mol. The summed E-state index contributed by atoms with van der Waals surface area (Å²) in [5, 5.41) is 6.20. The summed E-state index contributed by atoms with van der Waals surface area (Å²) in [4.78, 5) is 24.5. The Morgan fingerprint density at radius 3 is 2.45 bits per heavy atom. The van der Waals surface area contributed by atoms with E-state index in [4.69, 9.17) is 4.74 Å². The fourth-order valence-electron chi connectivity index (χ4n) is 2.60. The summed E-state index contributed by atoms with van der Waals surface area (Å²) in [5.41, 5.74) is 0.745. The van der Waals surface area contributed by atoms with E-state index >= 15 is 0 Å². The number of amides is 1. The highest BCUT2D eigenvalue weighted by molar-refractivity contribution is 7.91. The Balaban J connectivity index is 1.86. The number of nitrogens with one attached hydrogen (secondary N) is 1. The third kappa shape index (κ3) is 4.52. The van der Waals surface area contributed by atoms with Gasteiger partial charge in [0.25, 0.3) is 5.56 Å². The van der Waals surface area contributed by atoms with E-state index in [1.807, 2.05) is 6.92 Å². The predicted octanol–water partition coefficient (Wildman–Crippen LogP) is 2.03. The van der Waals surface area contributed by atoms with E-state index in [-0.39, 0.29) is 9.92 Å². The molecular formula is C20H19N3O5S. The maximum atomic E-state index is 12.8. The molecule has 1 heterocycles. The SMILES string of the molecule is COc1ccccc1NC(=O)Cn1nc(S(=O)(=O)c2ccc(C)cc2)ccc1=O. The molecule has 150 valence electrons. The number of aryl methyl sites for hydroxylation is 1. The lowest BCUT2D eigenvalue weighted by Gasteiger charge is -2.11. The molecule has 8 nitrogen and oxygen atoms in total. The number of rotatable bonds is 6. The largest absolute Gasteiger partial charge is 0.495 e. The highest BCUT2D eigenvalue weighted by Gasteiger charge is 2.21. The van der Waals surface area contributed by atoms with Gasteiger partial charge >= 0.3 is 0 Å². The normalized spacial score (nSPS) is 11.1. The Bertz CT molecular complexity index is 1200. The van der Waals surface area contributed by atoms with Crippen molar-refractivity contribution in [2.75, 3.05) is 12.4 Å². The molecule has 0 atom stereocenters. The summed E-state index contributed by atoms with van der Waals surface area (Å²) in [6, 6.07) is 15.3. The van der Waals surface area contributed by atoms with Crippen molar-refractivity contribution in [2.24, 2.45) is 0 Å². The van der Waals surface area contributed by atoms with Gasteiger partial charge in [0.05, 0.1) is 17.7 Å². The van der Waals surface area contributed by atoms with Crippen molar-refractivity contribution in [3.63, 3.8) is 0 Å². The van der Waals surface area contributed by atoms with Gasteiger partial charge in [-0.2, -0.15) is 5.10 Å². The van der Waals surface area contributed by atoms with Crippen LogP contribution in [0.5, 0.6) is 5.75 Å². The number of ether oxygens (including phenoxy) is 1. The smallest absolute Gasteiger partial charge is 0.267 e. The molecule has 0 aliphatic rings. The summed E-state index contributed by atoms with van der Waals surface area (Å²) in [5.74, 6) is -0.0918. The van der Waals surface area contributed by atoms with Crippen molar-refractivity contribution in [1.29, 1.82) is 0 Å². The molecule has 0 bridgehead atoms. The van der Waals surface area contributed by atoms with Gasteiger partial charge in [0.2, 0.25) is 15.7 Å². The van der Waals surface area contributed by atoms with Crippen LogP contribution in [0.1, 0.15) is 5.56 Å². The molecule has 3 aromatic rings. The van der Waals surface area contributed by atoms with E-state index in [1.54, 1.807) is 36.4 Å². The van der Waals surface area contributed by atoms with Crippen molar-refractivity contribution in [3.05, 3.63) is 76.6 Å². The van der Waals surface area contributed by atoms with Crippen LogP contribution in [0.2, 0.25) is 0 Å². The third-order valence-corrected chi connectivity index (χ3v) is 5.78. The Hall–Kier alpha value is -3.46. The van der Waals surface area contributed by atoms with Gasteiger partial charge in [-0.25, -0.2) is 13.1 Å². The molecule has 0 spiro atoms. The van der Waals surface area contributed by atoms with Crippen molar-refractivity contribution in [2.45, 2.75) is 23.4 Å². The standard InChI is InChI=1S/C20H19N3O5S/c1-14-7-9-15(10-8-14)29(26,27)19-11-12-20(25)23(22-19)13-18(24)21-16-5-3-4-6-17(16)28-2/h3-12H,13H2,1-2H3,(H,21,24). The van der Waals surface area contributed by atoms with Crippen molar-refractivity contribution in [1.82, 2.24) is 9.78 Å². The quantitative estimate of drug-likeness (QED) is 0.663. The monoisotopic (exact) mass is 413 g/mol. The van der Waals surface area contributed by atoms with Crippen molar-refractivity contribution < 1.29 is 17.9 Å². The number of benzene rings is 2. The van der Waals surface area contributed by atoms with Crippen molar-refractivity contribution in [3.8, 4) is 5.75 Å². The summed E-state index contributed by atoms with van der Waals surface area (Å²) in [6.07, 6.45) is 0. The van der Waals surface area contributed by atoms with Crippen molar-refractivity contribution >= 4 is 21.4 Å². The molecule has 0 saturated carbocycles.